The molecule has 1 saturated heterocycles. The lowest BCUT2D eigenvalue weighted by molar-refractivity contribution is -0.148. The van der Waals surface area contributed by atoms with E-state index in [1.165, 1.54) is 11.8 Å². The van der Waals surface area contributed by atoms with Gasteiger partial charge in [-0.05, 0) is 13.3 Å². The van der Waals surface area contributed by atoms with E-state index in [1.807, 2.05) is 0 Å². The molecular formula is C11H18N2O4. The molecule has 0 spiro atoms. The van der Waals surface area contributed by atoms with Crippen LogP contribution in [0.5, 0.6) is 0 Å². The monoisotopic (exact) mass is 242 g/mol. The van der Waals surface area contributed by atoms with Gasteiger partial charge in [0.2, 0.25) is 11.8 Å². The number of rotatable bonds is 4. The summed E-state index contributed by atoms with van der Waals surface area (Å²) in [6, 6.07) is -1.42. The van der Waals surface area contributed by atoms with Crippen LogP contribution in [0.3, 0.4) is 0 Å². The number of hydrogen-bond acceptors (Lipinski definition) is 3. The van der Waals surface area contributed by atoms with Crippen molar-refractivity contribution in [3.05, 3.63) is 0 Å². The van der Waals surface area contributed by atoms with Gasteiger partial charge in [0.25, 0.3) is 0 Å². The van der Waals surface area contributed by atoms with Gasteiger partial charge < -0.3 is 15.3 Å². The summed E-state index contributed by atoms with van der Waals surface area (Å²) in [5.41, 5.74) is 0. The van der Waals surface area contributed by atoms with Crippen LogP contribution in [0.15, 0.2) is 0 Å². The molecule has 0 radical (unpaired) electrons. The molecule has 96 valence electrons. The molecule has 0 aromatic carbocycles. The first-order valence-corrected chi connectivity index (χ1v) is 5.68. The van der Waals surface area contributed by atoms with Gasteiger partial charge in [0.05, 0.1) is 0 Å². The van der Waals surface area contributed by atoms with E-state index in [-0.39, 0.29) is 17.7 Å². The number of amides is 2. The van der Waals surface area contributed by atoms with Gasteiger partial charge in [-0.15, -0.1) is 0 Å². The van der Waals surface area contributed by atoms with Crippen molar-refractivity contribution >= 4 is 17.8 Å². The molecule has 2 amide bonds. The predicted octanol–water partition coefficient (Wildman–Crippen LogP) is -0.167. The lowest BCUT2D eigenvalue weighted by Crippen LogP contribution is -2.46. The Bertz CT molecular complexity index is 340. The third kappa shape index (κ3) is 2.95. The molecule has 0 unspecified atom stereocenters. The van der Waals surface area contributed by atoms with Crippen molar-refractivity contribution in [2.75, 3.05) is 6.54 Å². The predicted molar refractivity (Wildman–Crippen MR) is 60.2 cm³/mol. The lowest BCUT2D eigenvalue weighted by Gasteiger charge is -2.21. The van der Waals surface area contributed by atoms with Crippen molar-refractivity contribution in [1.82, 2.24) is 10.2 Å². The molecule has 1 aliphatic rings. The van der Waals surface area contributed by atoms with Crippen LogP contribution < -0.4 is 5.32 Å². The fourth-order valence-corrected chi connectivity index (χ4v) is 1.69. The molecule has 6 nitrogen and oxygen atoms in total. The van der Waals surface area contributed by atoms with Crippen molar-refractivity contribution in [3.8, 4) is 0 Å². The summed E-state index contributed by atoms with van der Waals surface area (Å²) in [4.78, 5) is 35.4. The highest BCUT2D eigenvalue weighted by Gasteiger charge is 2.37. The maximum Gasteiger partial charge on any atom is 0.326 e. The lowest BCUT2D eigenvalue weighted by atomic mass is 10.1. The molecule has 0 saturated carbocycles. The SMILES string of the molecule is CC(C)C(=O)N[C@@H]1CCN([C@@H](C)C(=O)O)C1=O. The minimum Gasteiger partial charge on any atom is -0.480 e. The van der Waals surface area contributed by atoms with Gasteiger partial charge in [-0.1, -0.05) is 13.8 Å². The van der Waals surface area contributed by atoms with Gasteiger partial charge in [0, 0.05) is 12.5 Å². The van der Waals surface area contributed by atoms with E-state index >= 15 is 0 Å². The van der Waals surface area contributed by atoms with Crippen LogP contribution in [0.2, 0.25) is 0 Å². The van der Waals surface area contributed by atoms with Crippen molar-refractivity contribution in [1.29, 1.82) is 0 Å². The Labute approximate surface area is 100.0 Å². The Kier molecular flexibility index (Phi) is 4.09. The number of hydrogen-bond donors (Lipinski definition) is 2. The van der Waals surface area contributed by atoms with Crippen LogP contribution in [-0.4, -0.2) is 46.4 Å². The largest absolute Gasteiger partial charge is 0.480 e. The molecule has 0 aliphatic carbocycles. The number of nitrogens with zero attached hydrogens (tertiary/aromatic N) is 1. The van der Waals surface area contributed by atoms with E-state index in [4.69, 9.17) is 5.11 Å². The minimum absolute atomic E-state index is 0.186. The van der Waals surface area contributed by atoms with Gasteiger partial charge >= 0.3 is 5.97 Å². The first kappa shape index (κ1) is 13.5. The average molecular weight is 242 g/mol. The quantitative estimate of drug-likeness (QED) is 0.716. The van der Waals surface area contributed by atoms with Crippen LogP contribution in [0, 0.1) is 5.92 Å². The number of carbonyl (C=O) groups excluding carboxylic acids is 2. The molecule has 0 bridgehead atoms. The molecular weight excluding hydrogens is 224 g/mol. The number of carboxylic acid groups (broad SMARTS) is 1. The van der Waals surface area contributed by atoms with Gasteiger partial charge in [-0.25, -0.2) is 4.79 Å². The van der Waals surface area contributed by atoms with E-state index in [0.717, 1.165) is 0 Å². The Hall–Kier alpha value is -1.59. The van der Waals surface area contributed by atoms with Crippen LogP contribution in [0.1, 0.15) is 27.2 Å². The van der Waals surface area contributed by atoms with E-state index in [2.05, 4.69) is 5.32 Å². The molecule has 1 heterocycles. The Balaban J connectivity index is 2.62. The second kappa shape index (κ2) is 5.16. The second-order valence-corrected chi connectivity index (χ2v) is 4.55. The van der Waals surface area contributed by atoms with Crippen molar-refractivity contribution in [2.45, 2.75) is 39.3 Å². The highest BCUT2D eigenvalue weighted by atomic mass is 16.4. The minimum atomic E-state index is -1.03. The van der Waals surface area contributed by atoms with E-state index < -0.39 is 18.1 Å². The number of aliphatic carboxylic acids is 1. The third-order valence-corrected chi connectivity index (χ3v) is 2.91. The summed E-state index contributed by atoms with van der Waals surface area (Å²) in [5, 5.41) is 11.5. The summed E-state index contributed by atoms with van der Waals surface area (Å²) in [5.74, 6) is -1.72. The van der Waals surface area contributed by atoms with Gasteiger partial charge in [0.15, 0.2) is 0 Å². The summed E-state index contributed by atoms with van der Waals surface area (Å²) >= 11 is 0. The standard InChI is InChI=1S/C11H18N2O4/c1-6(2)9(14)12-8-4-5-13(10(8)15)7(3)11(16)17/h6-8H,4-5H2,1-3H3,(H,12,14)(H,16,17)/t7-,8+/m0/s1. The first-order chi connectivity index (χ1) is 7.84. The molecule has 1 fully saturated rings. The Morgan fingerprint density at radius 1 is 1.41 bits per heavy atom. The van der Waals surface area contributed by atoms with E-state index in [0.29, 0.717) is 13.0 Å². The topological polar surface area (TPSA) is 86.7 Å². The fraction of sp³-hybridized carbons (Fsp3) is 0.727. The Morgan fingerprint density at radius 3 is 2.47 bits per heavy atom. The molecule has 6 heteroatoms. The van der Waals surface area contributed by atoms with E-state index in [1.54, 1.807) is 13.8 Å². The van der Waals surface area contributed by atoms with Crippen molar-refractivity contribution < 1.29 is 19.5 Å². The zero-order valence-electron chi connectivity index (χ0n) is 10.3. The number of carbonyl (C=O) groups is 3. The number of likely N-dealkylation sites (tertiary alicyclic amines) is 1. The Morgan fingerprint density at radius 2 is 2.00 bits per heavy atom. The maximum absolute atomic E-state index is 11.9. The molecule has 2 N–H and O–H groups in total. The molecule has 1 rings (SSSR count). The van der Waals surface area contributed by atoms with Gasteiger partial charge in [-0.3, -0.25) is 9.59 Å². The number of carboxylic acids is 1. The molecule has 1 aliphatic heterocycles. The van der Waals surface area contributed by atoms with Gasteiger partial charge in [0.1, 0.15) is 12.1 Å². The normalized spacial score (nSPS) is 21.8. The summed E-state index contributed by atoms with van der Waals surface area (Å²) in [6.07, 6.45) is 0.467. The van der Waals surface area contributed by atoms with Crippen LogP contribution >= 0.6 is 0 Å². The average Bonchev–Trinajstić information content (AvgIpc) is 2.59. The molecule has 2 atom stereocenters. The van der Waals surface area contributed by atoms with Crippen LogP contribution in [-0.2, 0) is 14.4 Å². The highest BCUT2D eigenvalue weighted by molar-refractivity contribution is 5.92. The molecule has 0 aromatic heterocycles. The van der Waals surface area contributed by atoms with Crippen molar-refractivity contribution in [2.24, 2.45) is 5.92 Å². The molecule has 0 aromatic rings. The smallest absolute Gasteiger partial charge is 0.326 e. The number of nitrogens with one attached hydrogen (secondary N) is 1. The zero-order chi connectivity index (χ0) is 13.2. The summed E-state index contributed by atoms with van der Waals surface area (Å²) in [6.45, 7) is 5.32. The summed E-state index contributed by atoms with van der Waals surface area (Å²) in [7, 11) is 0. The van der Waals surface area contributed by atoms with Gasteiger partial charge in [-0.2, -0.15) is 0 Å². The maximum atomic E-state index is 11.9. The fourth-order valence-electron chi connectivity index (χ4n) is 1.69. The second-order valence-electron chi connectivity index (χ2n) is 4.55. The third-order valence-electron chi connectivity index (χ3n) is 2.91. The van der Waals surface area contributed by atoms with E-state index in [9.17, 15) is 14.4 Å². The molecule has 17 heavy (non-hydrogen) atoms. The van der Waals surface area contributed by atoms with Crippen molar-refractivity contribution in [3.63, 3.8) is 0 Å². The zero-order valence-corrected chi connectivity index (χ0v) is 10.3. The first-order valence-electron chi connectivity index (χ1n) is 5.68. The summed E-state index contributed by atoms with van der Waals surface area (Å²) < 4.78 is 0. The van der Waals surface area contributed by atoms with Crippen LogP contribution in [0.4, 0.5) is 0 Å². The van der Waals surface area contributed by atoms with Crippen LogP contribution in [0.25, 0.3) is 0 Å². The highest BCUT2D eigenvalue weighted by Crippen LogP contribution is 2.15.